The molecule has 0 N–H and O–H groups in total. The molecule has 51 heavy (non-hydrogen) atoms. The van der Waals surface area contributed by atoms with Crippen LogP contribution in [0.25, 0.3) is 56.1 Å². The van der Waals surface area contributed by atoms with Crippen molar-refractivity contribution in [2.24, 2.45) is 0 Å². The number of fused-ring (bicyclic) bond motifs is 3. The smallest absolute Gasteiger partial charge is 0.509 e. The first kappa shape index (κ1) is 34.1. The van der Waals surface area contributed by atoms with Crippen molar-refractivity contribution in [1.29, 1.82) is 0 Å². The number of benzene rings is 5. The minimum absolute atomic E-state index is 0. The van der Waals surface area contributed by atoms with Crippen LogP contribution < -0.4 is 4.74 Å². The average molecular weight is 847 g/mol. The molecule has 0 radical (unpaired) electrons. The number of ether oxygens (including phenoxy) is 1. The van der Waals surface area contributed by atoms with Crippen molar-refractivity contribution in [1.82, 2.24) is 24.3 Å². The Labute approximate surface area is 313 Å². The molecule has 0 spiro atoms. The fourth-order valence-electron chi connectivity index (χ4n) is 6.80. The van der Waals surface area contributed by atoms with E-state index in [0.29, 0.717) is 17.3 Å². The summed E-state index contributed by atoms with van der Waals surface area (Å²) in [5.41, 5.74) is 9.39. The Morgan fingerprint density at radius 3 is 2.20 bits per heavy atom. The van der Waals surface area contributed by atoms with E-state index >= 15 is 0 Å². The first-order valence-electron chi connectivity index (χ1n) is 16.9. The number of nitrogens with zero attached hydrogens (tertiary/aromatic N) is 5. The summed E-state index contributed by atoms with van der Waals surface area (Å²) >= 11 is 0. The molecule has 0 aliphatic heterocycles. The molecule has 8 rings (SSSR count). The van der Waals surface area contributed by atoms with E-state index < -0.39 is 0 Å². The summed E-state index contributed by atoms with van der Waals surface area (Å²) in [5, 5.41) is 7.23. The zero-order chi connectivity index (χ0) is 34.6. The molecule has 0 atom stereocenters. The number of aryl methyl sites for hydroxylation is 3. The number of rotatable bonds is 6. The van der Waals surface area contributed by atoms with Gasteiger partial charge in [-0.3, -0.25) is 0 Å². The Balaban J connectivity index is 0.00000406. The van der Waals surface area contributed by atoms with Gasteiger partial charge in [0, 0.05) is 34.3 Å². The molecule has 0 unspecified atom stereocenters. The number of para-hydroxylation sites is 1. The van der Waals surface area contributed by atoms with Crippen LogP contribution >= 0.6 is 0 Å². The molecule has 0 amide bonds. The third-order valence-electron chi connectivity index (χ3n) is 9.14. The van der Waals surface area contributed by atoms with Gasteiger partial charge < -0.3 is 9.30 Å². The van der Waals surface area contributed by atoms with Crippen LogP contribution in [0.5, 0.6) is 11.5 Å². The second kappa shape index (κ2) is 13.4. The summed E-state index contributed by atoms with van der Waals surface area (Å²) in [4.78, 5) is 9.89. The van der Waals surface area contributed by atoms with Gasteiger partial charge in [-0.25, -0.2) is 14.6 Å². The molecule has 0 aliphatic carbocycles. The predicted octanol–water partition coefficient (Wildman–Crippen LogP) is 10.7. The molecule has 0 saturated carbocycles. The number of hydrogen-bond donors (Lipinski definition) is 0. The van der Waals surface area contributed by atoms with Gasteiger partial charge in [-0.1, -0.05) is 92.5 Å². The van der Waals surface area contributed by atoms with Crippen LogP contribution in [0.1, 0.15) is 43.0 Å². The van der Waals surface area contributed by atoms with E-state index in [1.54, 1.807) is 0 Å². The molecule has 3 aromatic heterocycles. The van der Waals surface area contributed by atoms with Gasteiger partial charge >= 0.3 is 21.1 Å². The van der Waals surface area contributed by atoms with Gasteiger partial charge in [-0.15, -0.1) is 40.8 Å². The van der Waals surface area contributed by atoms with Crippen LogP contribution in [0.2, 0.25) is 0 Å². The summed E-state index contributed by atoms with van der Waals surface area (Å²) < 4.78 is 10.6. The van der Waals surface area contributed by atoms with Gasteiger partial charge in [0.2, 0.25) is 0 Å². The van der Waals surface area contributed by atoms with Gasteiger partial charge in [0.05, 0.1) is 0 Å². The summed E-state index contributed by atoms with van der Waals surface area (Å²) in [6.07, 6.45) is 1.89. The molecule has 8 aromatic rings. The molecule has 0 aliphatic rings. The van der Waals surface area contributed by atoms with Crippen LogP contribution in [-0.2, 0) is 26.5 Å². The molecule has 6 nitrogen and oxygen atoms in total. The topological polar surface area (TPSA) is 57.8 Å². The Morgan fingerprint density at radius 2 is 1.43 bits per heavy atom. The quantitative estimate of drug-likeness (QED) is 0.156. The molecular formula is C44H37N5OPt. The normalized spacial score (nSPS) is 11.6. The SMILES string of the molecule is Cc1cc(C)c(-c2nc(-c3ccccc3)nn2-c2[c-]c(Oc3[c-]c4c(cc3)c3ccccc3n4-c3cc(C(C)(C)C)ccn3)ccc2)c(C)c1.[Pt+2]. The van der Waals surface area contributed by atoms with E-state index in [2.05, 4.69) is 113 Å². The minimum Gasteiger partial charge on any atom is -0.509 e. The fraction of sp³-hybridized carbons (Fsp3) is 0.159. The zero-order valence-corrected chi connectivity index (χ0v) is 31.7. The third kappa shape index (κ3) is 6.41. The Kier molecular flexibility index (Phi) is 8.99. The monoisotopic (exact) mass is 846 g/mol. The van der Waals surface area contributed by atoms with Gasteiger partial charge in [0.15, 0.2) is 11.6 Å². The van der Waals surface area contributed by atoms with E-state index in [-0.39, 0.29) is 26.5 Å². The summed E-state index contributed by atoms with van der Waals surface area (Å²) in [5.74, 6) is 3.38. The van der Waals surface area contributed by atoms with Gasteiger partial charge in [0.25, 0.3) is 0 Å². The van der Waals surface area contributed by atoms with Crippen LogP contribution in [0.15, 0.2) is 115 Å². The molecule has 0 fully saturated rings. The van der Waals surface area contributed by atoms with Crippen molar-refractivity contribution in [2.75, 3.05) is 0 Å². The number of pyridine rings is 1. The van der Waals surface area contributed by atoms with E-state index in [0.717, 1.165) is 61.4 Å². The van der Waals surface area contributed by atoms with E-state index in [4.69, 9.17) is 19.8 Å². The Bertz CT molecular complexity index is 2520. The molecule has 254 valence electrons. The van der Waals surface area contributed by atoms with Crippen molar-refractivity contribution >= 4 is 21.8 Å². The molecule has 5 aromatic carbocycles. The average Bonchev–Trinajstić information content (AvgIpc) is 3.68. The van der Waals surface area contributed by atoms with Crippen LogP contribution in [0.3, 0.4) is 0 Å². The standard InChI is InChI=1S/C44H37N5O.Pt/c1-28-23-29(2)41(30(3)24-28)43-46-42(31-13-8-7-9-14-31)47-49(43)33-15-12-16-34(26-33)50-35-19-20-37-36-17-10-11-18-38(36)48(39(37)27-35)40-25-32(21-22-45-40)44(4,5)6;/h7-25H,1-6H3;/q-2;+2. The Hall–Kier alpha value is -5.32. The predicted molar refractivity (Wildman–Crippen MR) is 201 cm³/mol. The van der Waals surface area contributed by atoms with E-state index in [9.17, 15) is 0 Å². The maximum atomic E-state index is 6.51. The van der Waals surface area contributed by atoms with Crippen LogP contribution in [0, 0.1) is 32.9 Å². The second-order valence-electron chi connectivity index (χ2n) is 13.9. The molecule has 7 heteroatoms. The van der Waals surface area contributed by atoms with Crippen molar-refractivity contribution in [3.8, 4) is 45.8 Å². The molecule has 3 heterocycles. The van der Waals surface area contributed by atoms with Crippen molar-refractivity contribution in [3.05, 3.63) is 150 Å². The van der Waals surface area contributed by atoms with Crippen molar-refractivity contribution in [2.45, 2.75) is 47.0 Å². The van der Waals surface area contributed by atoms with E-state index in [1.807, 2.05) is 65.5 Å². The first-order chi connectivity index (χ1) is 24.1. The molecule has 0 bridgehead atoms. The van der Waals surface area contributed by atoms with Gasteiger partial charge in [0.1, 0.15) is 5.82 Å². The largest absolute Gasteiger partial charge is 2.00 e. The fourth-order valence-corrected chi connectivity index (χ4v) is 6.80. The van der Waals surface area contributed by atoms with Gasteiger partial charge in [-0.05, 0) is 72.1 Å². The number of aromatic nitrogens is 5. The van der Waals surface area contributed by atoms with Crippen LogP contribution in [-0.4, -0.2) is 24.3 Å². The molecule has 0 saturated heterocycles. The van der Waals surface area contributed by atoms with E-state index in [1.165, 1.54) is 11.1 Å². The summed E-state index contributed by atoms with van der Waals surface area (Å²) in [7, 11) is 0. The van der Waals surface area contributed by atoms with Crippen molar-refractivity contribution in [3.63, 3.8) is 0 Å². The number of hydrogen-bond acceptors (Lipinski definition) is 4. The zero-order valence-electron chi connectivity index (χ0n) is 29.4. The van der Waals surface area contributed by atoms with Gasteiger partial charge in [-0.2, -0.15) is 12.1 Å². The maximum Gasteiger partial charge on any atom is 2.00 e. The van der Waals surface area contributed by atoms with Crippen molar-refractivity contribution < 1.29 is 25.8 Å². The summed E-state index contributed by atoms with van der Waals surface area (Å²) in [6.45, 7) is 13.0. The minimum atomic E-state index is -0.0159. The maximum absolute atomic E-state index is 6.51. The first-order valence-corrected chi connectivity index (χ1v) is 16.9. The third-order valence-corrected chi connectivity index (χ3v) is 9.14. The second-order valence-corrected chi connectivity index (χ2v) is 13.9. The summed E-state index contributed by atoms with van der Waals surface area (Å²) in [6, 6.07) is 44.1. The van der Waals surface area contributed by atoms with Crippen LogP contribution in [0.4, 0.5) is 0 Å². The molecular weight excluding hydrogens is 810 g/mol. The Morgan fingerprint density at radius 1 is 0.706 bits per heavy atom.